The normalized spacial score (nSPS) is 29.5. The number of carbonyl (C=O) groups is 4. The van der Waals surface area contributed by atoms with E-state index >= 15 is 0 Å². The second kappa shape index (κ2) is 9.24. The van der Waals surface area contributed by atoms with Crippen molar-refractivity contribution in [2.24, 2.45) is 0 Å². The molecule has 1 rings (SSSR count). The minimum atomic E-state index is -1.17. The Kier molecular flexibility index (Phi) is 7.67. The highest BCUT2D eigenvalue weighted by Crippen LogP contribution is 2.15. The monoisotopic (exact) mass is 344 g/mol. The van der Waals surface area contributed by atoms with Crippen molar-refractivity contribution in [3.63, 3.8) is 0 Å². The van der Waals surface area contributed by atoms with Gasteiger partial charge in [0.15, 0.2) is 24.4 Å². The number of carbonyl (C=O) groups excluding carboxylic acids is 4. The highest BCUT2D eigenvalue weighted by Gasteiger charge is 2.36. The number of esters is 4. The summed E-state index contributed by atoms with van der Waals surface area (Å²) in [6.07, 6.45) is -4.03. The lowest BCUT2D eigenvalue weighted by Crippen LogP contribution is -2.43. The van der Waals surface area contributed by atoms with Gasteiger partial charge in [-0.3, -0.25) is 0 Å². The van der Waals surface area contributed by atoms with Gasteiger partial charge in [-0.2, -0.15) is 0 Å². The van der Waals surface area contributed by atoms with Gasteiger partial charge >= 0.3 is 23.9 Å². The van der Waals surface area contributed by atoms with Gasteiger partial charge in [-0.05, 0) is 25.7 Å². The Morgan fingerprint density at radius 2 is 0.667 bits per heavy atom. The summed E-state index contributed by atoms with van der Waals surface area (Å²) < 4.78 is 20.4. The second-order valence-electron chi connectivity index (χ2n) is 5.34. The van der Waals surface area contributed by atoms with Crippen molar-refractivity contribution < 1.29 is 38.1 Å². The third-order valence-corrected chi connectivity index (χ3v) is 3.57. The zero-order valence-corrected chi connectivity index (χ0v) is 14.4. The van der Waals surface area contributed by atoms with E-state index in [-0.39, 0.29) is 25.7 Å². The number of rotatable bonds is 4. The number of ether oxygens (including phenoxy) is 4. The Balaban J connectivity index is 3.11. The standard InChI is InChI=1S/C16H24O8/c1-5-9-13(17)22-11(7-3)15(19)24-12(8-4)16(20)23-10(6-2)14(18)21-9/h9-12H,5-8H2,1-4H3. The van der Waals surface area contributed by atoms with Crippen molar-refractivity contribution in [1.82, 2.24) is 0 Å². The Bertz CT molecular complexity index is 398. The first-order valence-electron chi connectivity index (χ1n) is 8.19. The summed E-state index contributed by atoms with van der Waals surface area (Å²) in [4.78, 5) is 48.5. The molecule has 0 saturated carbocycles. The van der Waals surface area contributed by atoms with E-state index in [1.54, 1.807) is 27.7 Å². The van der Waals surface area contributed by atoms with E-state index in [0.717, 1.165) is 0 Å². The molecule has 1 aliphatic rings. The fourth-order valence-electron chi connectivity index (χ4n) is 2.06. The predicted octanol–water partition coefficient (Wildman–Crippen LogP) is 1.29. The summed E-state index contributed by atoms with van der Waals surface area (Å²) in [5.41, 5.74) is 0. The first kappa shape index (κ1) is 19.9. The van der Waals surface area contributed by atoms with E-state index in [2.05, 4.69) is 0 Å². The summed E-state index contributed by atoms with van der Waals surface area (Å²) >= 11 is 0. The van der Waals surface area contributed by atoms with Crippen LogP contribution in [0.3, 0.4) is 0 Å². The van der Waals surface area contributed by atoms with Gasteiger partial charge in [0.05, 0.1) is 0 Å². The van der Waals surface area contributed by atoms with Crippen LogP contribution in [0.1, 0.15) is 53.4 Å². The van der Waals surface area contributed by atoms with Crippen LogP contribution in [-0.2, 0) is 38.1 Å². The van der Waals surface area contributed by atoms with Gasteiger partial charge in [0, 0.05) is 0 Å². The van der Waals surface area contributed by atoms with Gasteiger partial charge in [0.1, 0.15) is 0 Å². The fraction of sp³-hybridized carbons (Fsp3) is 0.750. The van der Waals surface area contributed by atoms with E-state index < -0.39 is 48.3 Å². The predicted molar refractivity (Wildman–Crippen MR) is 80.7 cm³/mol. The van der Waals surface area contributed by atoms with Gasteiger partial charge in [0.25, 0.3) is 0 Å². The lowest BCUT2D eigenvalue weighted by molar-refractivity contribution is -0.195. The van der Waals surface area contributed by atoms with Gasteiger partial charge < -0.3 is 18.9 Å². The van der Waals surface area contributed by atoms with Crippen molar-refractivity contribution in [3.8, 4) is 0 Å². The second-order valence-corrected chi connectivity index (χ2v) is 5.34. The molecular weight excluding hydrogens is 320 g/mol. The first-order chi connectivity index (χ1) is 11.4. The molecule has 0 aromatic carbocycles. The molecule has 24 heavy (non-hydrogen) atoms. The van der Waals surface area contributed by atoms with Crippen LogP contribution in [0.4, 0.5) is 0 Å². The average molecular weight is 344 g/mol. The third-order valence-electron chi connectivity index (χ3n) is 3.57. The molecule has 0 amide bonds. The van der Waals surface area contributed by atoms with Gasteiger partial charge in [0.2, 0.25) is 0 Å². The third kappa shape index (κ3) is 4.94. The Labute approximate surface area is 140 Å². The fourth-order valence-corrected chi connectivity index (χ4v) is 2.06. The average Bonchev–Trinajstić information content (AvgIpc) is 2.57. The number of hydrogen-bond donors (Lipinski definition) is 0. The molecule has 1 fully saturated rings. The Morgan fingerprint density at radius 1 is 0.500 bits per heavy atom. The smallest absolute Gasteiger partial charge is 0.348 e. The minimum Gasteiger partial charge on any atom is -0.448 e. The van der Waals surface area contributed by atoms with Crippen LogP contribution in [0.25, 0.3) is 0 Å². The van der Waals surface area contributed by atoms with Gasteiger partial charge in [-0.25, -0.2) is 19.2 Å². The van der Waals surface area contributed by atoms with E-state index in [1.807, 2.05) is 0 Å². The lowest BCUT2D eigenvalue weighted by atomic mass is 10.2. The molecule has 8 heteroatoms. The highest BCUT2D eigenvalue weighted by molar-refractivity contribution is 5.87. The molecule has 4 atom stereocenters. The number of cyclic esters (lactones) is 4. The zero-order chi connectivity index (χ0) is 18.3. The van der Waals surface area contributed by atoms with Crippen LogP contribution in [0.2, 0.25) is 0 Å². The summed E-state index contributed by atoms with van der Waals surface area (Å²) in [6.45, 7) is 6.52. The molecule has 0 N–H and O–H groups in total. The van der Waals surface area contributed by atoms with Crippen LogP contribution in [-0.4, -0.2) is 48.3 Å². The van der Waals surface area contributed by atoms with E-state index in [1.165, 1.54) is 0 Å². The van der Waals surface area contributed by atoms with Crippen LogP contribution in [0, 0.1) is 0 Å². The molecule has 0 aromatic rings. The van der Waals surface area contributed by atoms with Crippen LogP contribution in [0.15, 0.2) is 0 Å². The maximum Gasteiger partial charge on any atom is 0.348 e. The summed E-state index contributed by atoms with van der Waals surface area (Å²) in [6, 6.07) is 0. The summed E-state index contributed by atoms with van der Waals surface area (Å²) in [5, 5.41) is 0. The van der Waals surface area contributed by atoms with Crippen LogP contribution in [0.5, 0.6) is 0 Å². The topological polar surface area (TPSA) is 105 Å². The van der Waals surface area contributed by atoms with Crippen molar-refractivity contribution in [2.45, 2.75) is 77.8 Å². The molecule has 1 saturated heterocycles. The summed E-state index contributed by atoms with van der Waals surface area (Å²) in [5.74, 6) is -3.32. The van der Waals surface area contributed by atoms with Crippen molar-refractivity contribution in [3.05, 3.63) is 0 Å². The summed E-state index contributed by atoms with van der Waals surface area (Å²) in [7, 11) is 0. The molecule has 0 spiro atoms. The maximum atomic E-state index is 12.1. The molecule has 1 aliphatic heterocycles. The molecule has 8 nitrogen and oxygen atoms in total. The van der Waals surface area contributed by atoms with Gasteiger partial charge in [-0.1, -0.05) is 27.7 Å². The molecule has 1 heterocycles. The van der Waals surface area contributed by atoms with Gasteiger partial charge in [-0.15, -0.1) is 0 Å². The molecule has 0 radical (unpaired) electrons. The zero-order valence-electron chi connectivity index (χ0n) is 14.4. The molecule has 0 bridgehead atoms. The van der Waals surface area contributed by atoms with Crippen molar-refractivity contribution in [2.75, 3.05) is 0 Å². The minimum absolute atomic E-state index is 0.165. The maximum absolute atomic E-state index is 12.1. The Hall–Kier alpha value is -2.12. The molecule has 136 valence electrons. The van der Waals surface area contributed by atoms with Crippen molar-refractivity contribution in [1.29, 1.82) is 0 Å². The van der Waals surface area contributed by atoms with E-state index in [9.17, 15) is 19.2 Å². The van der Waals surface area contributed by atoms with E-state index in [0.29, 0.717) is 0 Å². The molecule has 4 unspecified atom stereocenters. The van der Waals surface area contributed by atoms with Crippen LogP contribution >= 0.6 is 0 Å². The SMILES string of the molecule is CCC1OC(=O)C(CC)OC(=O)C(CC)OC(=O)C(CC)OC1=O. The first-order valence-corrected chi connectivity index (χ1v) is 8.19. The quantitative estimate of drug-likeness (QED) is 0.555. The van der Waals surface area contributed by atoms with Crippen LogP contribution < -0.4 is 0 Å². The highest BCUT2D eigenvalue weighted by atomic mass is 16.7. The number of hydrogen-bond acceptors (Lipinski definition) is 8. The lowest BCUT2D eigenvalue weighted by Gasteiger charge is -2.25. The largest absolute Gasteiger partial charge is 0.448 e. The molecule has 0 aliphatic carbocycles. The Morgan fingerprint density at radius 3 is 0.792 bits per heavy atom. The van der Waals surface area contributed by atoms with Crippen molar-refractivity contribution >= 4 is 23.9 Å². The molecule has 0 aromatic heterocycles. The molecular formula is C16H24O8. The van der Waals surface area contributed by atoms with E-state index in [4.69, 9.17) is 18.9 Å².